The van der Waals surface area contributed by atoms with E-state index >= 15 is 0 Å². The lowest BCUT2D eigenvalue weighted by atomic mass is 9.83. The molecule has 0 atom stereocenters. The summed E-state index contributed by atoms with van der Waals surface area (Å²) < 4.78 is 4.72. The second-order valence-corrected chi connectivity index (χ2v) is 7.76. The van der Waals surface area contributed by atoms with Gasteiger partial charge in [0, 0.05) is 20.8 Å². The standard InChI is InChI=1S/C16H23NO2S/c1-15(2)9-11(10-16(3,4)17-15)13-7-6-12(20-13)8-14(18)19-5/h6-7,9,17H,8,10H2,1-5H3. The quantitative estimate of drug-likeness (QED) is 0.868. The SMILES string of the molecule is COC(=O)Cc1ccc(C2=CC(C)(C)NC(C)(C)C2)s1. The van der Waals surface area contributed by atoms with Crippen LogP contribution in [0.2, 0.25) is 0 Å². The van der Waals surface area contributed by atoms with E-state index in [1.54, 1.807) is 11.3 Å². The van der Waals surface area contributed by atoms with Crippen LogP contribution < -0.4 is 5.32 Å². The van der Waals surface area contributed by atoms with Crippen LogP contribution in [0.4, 0.5) is 0 Å². The molecule has 1 N–H and O–H groups in total. The molecule has 1 aromatic heterocycles. The highest BCUT2D eigenvalue weighted by molar-refractivity contribution is 7.13. The molecule has 0 saturated heterocycles. The third kappa shape index (κ3) is 3.70. The van der Waals surface area contributed by atoms with Crippen LogP contribution in [-0.2, 0) is 16.0 Å². The van der Waals surface area contributed by atoms with Gasteiger partial charge >= 0.3 is 5.97 Å². The molecule has 0 bridgehead atoms. The Morgan fingerprint density at radius 1 is 1.35 bits per heavy atom. The van der Waals surface area contributed by atoms with Gasteiger partial charge in [-0.1, -0.05) is 6.08 Å². The molecule has 0 aromatic carbocycles. The van der Waals surface area contributed by atoms with Crippen molar-refractivity contribution in [3.8, 4) is 0 Å². The Balaban J connectivity index is 2.23. The highest BCUT2D eigenvalue weighted by Crippen LogP contribution is 2.36. The maximum Gasteiger partial charge on any atom is 0.310 e. The lowest BCUT2D eigenvalue weighted by molar-refractivity contribution is -0.139. The minimum Gasteiger partial charge on any atom is -0.469 e. The van der Waals surface area contributed by atoms with Crippen molar-refractivity contribution in [2.75, 3.05) is 7.11 Å². The van der Waals surface area contributed by atoms with Gasteiger partial charge in [0.1, 0.15) is 0 Å². The zero-order chi connectivity index (χ0) is 15.0. The zero-order valence-corrected chi connectivity index (χ0v) is 13.7. The van der Waals surface area contributed by atoms with Gasteiger partial charge < -0.3 is 10.1 Å². The van der Waals surface area contributed by atoms with Crippen molar-refractivity contribution >= 4 is 22.9 Å². The number of nitrogens with one attached hydrogen (secondary N) is 1. The molecule has 0 amide bonds. The monoisotopic (exact) mass is 293 g/mol. The molecule has 0 fully saturated rings. The molecule has 0 saturated carbocycles. The average Bonchev–Trinajstić information content (AvgIpc) is 2.73. The minimum absolute atomic E-state index is 0.0103. The second-order valence-electron chi connectivity index (χ2n) is 6.60. The lowest BCUT2D eigenvalue weighted by Crippen LogP contribution is -2.53. The maximum atomic E-state index is 11.3. The fourth-order valence-electron chi connectivity index (χ4n) is 2.93. The van der Waals surface area contributed by atoms with Crippen LogP contribution in [0.15, 0.2) is 18.2 Å². The normalized spacial score (nSPS) is 20.4. The van der Waals surface area contributed by atoms with Crippen LogP contribution in [0.25, 0.3) is 5.57 Å². The Hall–Kier alpha value is -1.13. The fourth-order valence-corrected chi connectivity index (χ4v) is 3.94. The van der Waals surface area contributed by atoms with Crippen molar-refractivity contribution in [3.05, 3.63) is 28.0 Å². The van der Waals surface area contributed by atoms with E-state index in [1.165, 1.54) is 17.6 Å². The summed E-state index contributed by atoms with van der Waals surface area (Å²) >= 11 is 1.69. The highest BCUT2D eigenvalue weighted by Gasteiger charge is 2.32. The third-order valence-corrected chi connectivity index (χ3v) is 4.51. The summed E-state index contributed by atoms with van der Waals surface area (Å²) in [5.74, 6) is -0.182. The summed E-state index contributed by atoms with van der Waals surface area (Å²) in [6.07, 6.45) is 3.65. The van der Waals surface area contributed by atoms with Crippen LogP contribution >= 0.6 is 11.3 Å². The third-order valence-electron chi connectivity index (χ3n) is 3.35. The number of carbonyl (C=O) groups is 1. The van der Waals surface area contributed by atoms with Gasteiger partial charge in [0.25, 0.3) is 0 Å². The smallest absolute Gasteiger partial charge is 0.310 e. The number of rotatable bonds is 3. The van der Waals surface area contributed by atoms with E-state index in [0.29, 0.717) is 6.42 Å². The molecule has 110 valence electrons. The predicted molar refractivity (Wildman–Crippen MR) is 83.9 cm³/mol. The molecule has 1 aromatic rings. The summed E-state index contributed by atoms with van der Waals surface area (Å²) in [6, 6.07) is 4.14. The molecule has 2 rings (SSSR count). The first-order valence-electron chi connectivity index (χ1n) is 6.88. The van der Waals surface area contributed by atoms with Crippen LogP contribution in [0, 0.1) is 0 Å². The molecule has 0 aliphatic carbocycles. The summed E-state index contributed by atoms with van der Waals surface area (Å²) in [6.45, 7) is 8.84. The Morgan fingerprint density at radius 3 is 2.65 bits per heavy atom. The maximum absolute atomic E-state index is 11.3. The Morgan fingerprint density at radius 2 is 2.05 bits per heavy atom. The van der Waals surface area contributed by atoms with Gasteiger partial charge in [-0.05, 0) is 51.8 Å². The van der Waals surface area contributed by atoms with Gasteiger partial charge in [-0.25, -0.2) is 0 Å². The first-order valence-corrected chi connectivity index (χ1v) is 7.69. The largest absolute Gasteiger partial charge is 0.469 e. The molecule has 0 radical (unpaired) electrons. The number of ether oxygens (including phenoxy) is 1. The summed E-state index contributed by atoms with van der Waals surface area (Å²) in [7, 11) is 1.43. The molecule has 0 unspecified atom stereocenters. The Kier molecular flexibility index (Phi) is 4.07. The lowest BCUT2D eigenvalue weighted by Gasteiger charge is -2.41. The number of hydrogen-bond donors (Lipinski definition) is 1. The Bertz CT molecular complexity index is 540. The van der Waals surface area contributed by atoms with E-state index in [9.17, 15) is 4.79 Å². The molecule has 0 spiro atoms. The molecule has 20 heavy (non-hydrogen) atoms. The van der Waals surface area contributed by atoms with Crippen molar-refractivity contribution in [3.63, 3.8) is 0 Å². The van der Waals surface area contributed by atoms with Gasteiger partial charge in [0.2, 0.25) is 0 Å². The summed E-state index contributed by atoms with van der Waals surface area (Å²) in [4.78, 5) is 13.6. The average molecular weight is 293 g/mol. The van der Waals surface area contributed by atoms with Crippen molar-refractivity contribution in [1.29, 1.82) is 0 Å². The van der Waals surface area contributed by atoms with E-state index in [2.05, 4.69) is 45.2 Å². The second kappa shape index (κ2) is 5.34. The number of esters is 1. The Labute approximate surface area is 125 Å². The van der Waals surface area contributed by atoms with Crippen LogP contribution in [0.5, 0.6) is 0 Å². The van der Waals surface area contributed by atoms with Crippen molar-refractivity contribution in [1.82, 2.24) is 5.32 Å². The van der Waals surface area contributed by atoms with Crippen LogP contribution in [0.1, 0.15) is 43.9 Å². The topological polar surface area (TPSA) is 38.3 Å². The van der Waals surface area contributed by atoms with Crippen LogP contribution in [0.3, 0.4) is 0 Å². The van der Waals surface area contributed by atoms with Crippen molar-refractivity contribution < 1.29 is 9.53 Å². The van der Waals surface area contributed by atoms with E-state index in [-0.39, 0.29) is 17.0 Å². The van der Waals surface area contributed by atoms with Gasteiger partial charge in [-0.3, -0.25) is 4.79 Å². The first kappa shape index (κ1) is 15.3. The molecule has 1 aliphatic rings. The van der Waals surface area contributed by atoms with E-state index in [4.69, 9.17) is 4.74 Å². The number of thiophene rings is 1. The van der Waals surface area contributed by atoms with Crippen molar-refractivity contribution in [2.24, 2.45) is 0 Å². The summed E-state index contributed by atoms with van der Waals surface area (Å²) in [5.41, 5.74) is 1.43. The highest BCUT2D eigenvalue weighted by atomic mass is 32.1. The van der Waals surface area contributed by atoms with Gasteiger partial charge in [0.15, 0.2) is 0 Å². The van der Waals surface area contributed by atoms with Gasteiger partial charge in [0.05, 0.1) is 13.5 Å². The number of carbonyl (C=O) groups excluding carboxylic acids is 1. The zero-order valence-electron chi connectivity index (χ0n) is 12.9. The van der Waals surface area contributed by atoms with Crippen molar-refractivity contribution in [2.45, 2.75) is 51.6 Å². The minimum atomic E-state index is -0.182. The number of hydrogen-bond acceptors (Lipinski definition) is 4. The van der Waals surface area contributed by atoms with Gasteiger partial charge in [-0.2, -0.15) is 0 Å². The van der Waals surface area contributed by atoms with E-state index in [1.807, 2.05) is 6.07 Å². The van der Waals surface area contributed by atoms with Crippen LogP contribution in [-0.4, -0.2) is 24.2 Å². The molecule has 2 heterocycles. The molecule has 3 nitrogen and oxygen atoms in total. The van der Waals surface area contributed by atoms with E-state index < -0.39 is 0 Å². The van der Waals surface area contributed by atoms with Gasteiger partial charge in [-0.15, -0.1) is 11.3 Å². The molecular weight excluding hydrogens is 270 g/mol. The predicted octanol–water partition coefficient (Wildman–Crippen LogP) is 3.40. The fraction of sp³-hybridized carbons (Fsp3) is 0.562. The summed E-state index contributed by atoms with van der Waals surface area (Å²) in [5, 5.41) is 3.63. The molecular formula is C16H23NO2S. The van der Waals surface area contributed by atoms with E-state index in [0.717, 1.165) is 11.3 Å². The number of methoxy groups -OCH3 is 1. The molecule has 1 aliphatic heterocycles. The first-order chi connectivity index (χ1) is 9.21. The molecule has 4 heteroatoms.